The van der Waals surface area contributed by atoms with Gasteiger partial charge >= 0.3 is 5.97 Å². The van der Waals surface area contributed by atoms with Gasteiger partial charge in [0.05, 0.1) is 46.1 Å². The summed E-state index contributed by atoms with van der Waals surface area (Å²) in [7, 11) is 2.86. The number of aromatic hydroxyl groups is 1. The number of phenolic OH excluding ortho intramolecular Hbond substituents is 1. The fraction of sp³-hybridized carbons (Fsp3) is 0.536. The summed E-state index contributed by atoms with van der Waals surface area (Å²) in [5, 5.41) is 50.0. The Morgan fingerprint density at radius 1 is 0.951 bits per heavy atom. The zero-order valence-corrected chi connectivity index (χ0v) is 22.7. The van der Waals surface area contributed by atoms with Crippen LogP contribution in [0.4, 0.5) is 0 Å². The average molecular weight is 579 g/mol. The molecule has 0 amide bonds. The number of aliphatic hydroxyl groups excluding tert-OH is 4. The summed E-state index contributed by atoms with van der Waals surface area (Å²) in [5.74, 6) is -0.253. The molecule has 3 aliphatic heterocycles. The van der Waals surface area contributed by atoms with E-state index in [1.807, 2.05) is 0 Å². The topological polar surface area (TPSA) is 183 Å². The van der Waals surface area contributed by atoms with Crippen LogP contribution in [0.5, 0.6) is 23.0 Å². The van der Waals surface area contributed by atoms with E-state index >= 15 is 0 Å². The van der Waals surface area contributed by atoms with Crippen LogP contribution in [0.15, 0.2) is 36.4 Å². The number of ether oxygens (including phenoxy) is 7. The highest BCUT2D eigenvalue weighted by Crippen LogP contribution is 2.56. The minimum Gasteiger partial charge on any atom is -0.504 e. The number of carbonyl (C=O) groups excluding carboxylic acids is 1. The van der Waals surface area contributed by atoms with Gasteiger partial charge < -0.3 is 58.7 Å². The maximum absolute atomic E-state index is 12.3. The van der Waals surface area contributed by atoms with E-state index in [4.69, 9.17) is 33.2 Å². The number of hydrogen-bond donors (Lipinski definition) is 5. The molecule has 41 heavy (non-hydrogen) atoms. The monoisotopic (exact) mass is 578 g/mol. The molecule has 0 radical (unpaired) electrons. The number of hydrogen-bond acceptors (Lipinski definition) is 13. The van der Waals surface area contributed by atoms with Crippen LogP contribution in [-0.2, 0) is 23.7 Å². The van der Waals surface area contributed by atoms with Crippen LogP contribution in [0.3, 0.4) is 0 Å². The number of methoxy groups -OCH3 is 2. The maximum atomic E-state index is 12.3. The zero-order valence-electron chi connectivity index (χ0n) is 22.7. The lowest BCUT2D eigenvalue weighted by atomic mass is 9.80. The molecule has 0 aromatic heterocycles. The van der Waals surface area contributed by atoms with E-state index in [1.165, 1.54) is 27.2 Å². The minimum atomic E-state index is -1.60. The van der Waals surface area contributed by atoms with Gasteiger partial charge in [-0.2, -0.15) is 0 Å². The Hall–Kier alpha value is -3.17. The average Bonchev–Trinajstić information content (AvgIpc) is 3.49. The summed E-state index contributed by atoms with van der Waals surface area (Å²) < 4.78 is 40.3. The highest BCUT2D eigenvalue weighted by molar-refractivity contribution is 5.67. The van der Waals surface area contributed by atoms with Gasteiger partial charge in [0.15, 0.2) is 28.6 Å². The molecule has 224 valence electrons. The predicted molar refractivity (Wildman–Crippen MR) is 137 cm³/mol. The van der Waals surface area contributed by atoms with Crippen molar-refractivity contribution in [3.05, 3.63) is 47.5 Å². The molecule has 3 heterocycles. The van der Waals surface area contributed by atoms with Crippen molar-refractivity contribution >= 4 is 5.97 Å². The Labute approximate surface area is 235 Å². The number of phenols is 1. The molecule has 0 bridgehead atoms. The number of benzene rings is 2. The van der Waals surface area contributed by atoms with Gasteiger partial charge in [-0.3, -0.25) is 4.79 Å². The largest absolute Gasteiger partial charge is 0.504 e. The van der Waals surface area contributed by atoms with Crippen LogP contribution in [0.25, 0.3) is 0 Å². The SMILES string of the molecule is COc1cc([C@H]2OC[C@]3(OC(C)=O)[C@@H](c4ccc(O[C@@H]5O[C@H](CO)[C@@H](O)[C@H](O)[C@H]5O)c(OC)c4)OC[C@H]23)ccc1O. The highest BCUT2D eigenvalue weighted by Gasteiger charge is 2.63. The second kappa shape index (κ2) is 11.6. The van der Waals surface area contributed by atoms with Gasteiger partial charge in [-0.05, 0) is 35.4 Å². The lowest BCUT2D eigenvalue weighted by molar-refractivity contribution is -0.277. The molecule has 0 unspecified atom stereocenters. The van der Waals surface area contributed by atoms with Crippen LogP contribution < -0.4 is 14.2 Å². The Bertz CT molecular complexity index is 1250. The molecule has 0 spiro atoms. The van der Waals surface area contributed by atoms with Crippen LogP contribution >= 0.6 is 0 Å². The molecule has 2 aromatic carbocycles. The van der Waals surface area contributed by atoms with E-state index < -0.39 is 61.1 Å². The van der Waals surface area contributed by atoms with Crippen molar-refractivity contribution in [3.63, 3.8) is 0 Å². The standard InChI is InChI=1S/C28H34O13/c1-13(30)41-28-12-38-25(14-4-6-17(31)19(8-14)35-2)16(28)11-37-26(28)15-5-7-18(20(9-15)36-3)39-27-24(34)23(33)22(32)21(10-29)40-27/h4-9,16,21-27,29,31-34H,10-12H2,1-3H3/t16-,21-,22-,23+,24-,25-,26-,27-,28-/m1/s1. The summed E-state index contributed by atoms with van der Waals surface area (Å²) in [4.78, 5) is 12.3. The van der Waals surface area contributed by atoms with E-state index in [2.05, 4.69) is 0 Å². The number of aliphatic hydroxyl groups is 4. The molecule has 13 nitrogen and oxygen atoms in total. The van der Waals surface area contributed by atoms with Crippen molar-refractivity contribution in [1.29, 1.82) is 0 Å². The summed E-state index contributed by atoms with van der Waals surface area (Å²) in [6.07, 6.45) is -8.53. The molecule has 2 aromatic rings. The number of rotatable bonds is 8. The van der Waals surface area contributed by atoms with Crippen molar-refractivity contribution in [1.82, 2.24) is 0 Å². The van der Waals surface area contributed by atoms with E-state index in [-0.39, 0.29) is 42.1 Å². The van der Waals surface area contributed by atoms with Gasteiger partial charge in [-0.25, -0.2) is 0 Å². The Morgan fingerprint density at radius 3 is 2.34 bits per heavy atom. The third kappa shape index (κ3) is 5.18. The van der Waals surface area contributed by atoms with Gasteiger partial charge in [-0.1, -0.05) is 12.1 Å². The molecule has 3 fully saturated rings. The van der Waals surface area contributed by atoms with Crippen molar-refractivity contribution in [2.75, 3.05) is 34.0 Å². The first-order valence-electron chi connectivity index (χ1n) is 13.1. The fourth-order valence-electron chi connectivity index (χ4n) is 5.78. The van der Waals surface area contributed by atoms with Crippen LogP contribution in [0.2, 0.25) is 0 Å². The van der Waals surface area contributed by atoms with Gasteiger partial charge in [0.25, 0.3) is 0 Å². The Balaban J connectivity index is 1.42. The predicted octanol–water partition coefficient (Wildman–Crippen LogP) is 0.349. The Kier molecular flexibility index (Phi) is 8.30. The zero-order chi connectivity index (χ0) is 29.5. The van der Waals surface area contributed by atoms with E-state index in [1.54, 1.807) is 30.3 Å². The third-order valence-corrected chi connectivity index (χ3v) is 7.82. The normalized spacial score (nSPS) is 34.6. The third-order valence-electron chi connectivity index (χ3n) is 7.82. The van der Waals surface area contributed by atoms with Crippen molar-refractivity contribution < 1.29 is 63.5 Å². The van der Waals surface area contributed by atoms with Gasteiger partial charge in [0.1, 0.15) is 30.5 Å². The number of fused-ring (bicyclic) bond motifs is 1. The molecule has 5 N–H and O–H groups in total. The summed E-state index contributed by atoms with van der Waals surface area (Å²) in [6, 6.07) is 9.76. The van der Waals surface area contributed by atoms with E-state index in [0.717, 1.165) is 5.56 Å². The first-order valence-corrected chi connectivity index (χ1v) is 13.1. The van der Waals surface area contributed by atoms with E-state index in [0.29, 0.717) is 5.56 Å². The number of esters is 1. The molecule has 0 saturated carbocycles. The van der Waals surface area contributed by atoms with Crippen molar-refractivity contribution in [3.8, 4) is 23.0 Å². The smallest absolute Gasteiger partial charge is 0.303 e. The lowest BCUT2D eigenvalue weighted by Gasteiger charge is -2.39. The molecule has 0 aliphatic carbocycles. The van der Waals surface area contributed by atoms with Gasteiger partial charge in [0.2, 0.25) is 6.29 Å². The molecule has 3 aliphatic rings. The molecular weight excluding hydrogens is 544 g/mol. The highest BCUT2D eigenvalue weighted by atomic mass is 16.7. The van der Waals surface area contributed by atoms with Gasteiger partial charge in [-0.15, -0.1) is 0 Å². The van der Waals surface area contributed by atoms with Gasteiger partial charge in [0, 0.05) is 6.92 Å². The second-order valence-corrected chi connectivity index (χ2v) is 10.3. The molecule has 5 rings (SSSR count). The van der Waals surface area contributed by atoms with Crippen molar-refractivity contribution in [2.24, 2.45) is 5.92 Å². The van der Waals surface area contributed by atoms with Crippen LogP contribution in [0.1, 0.15) is 30.3 Å². The molecule has 3 saturated heterocycles. The summed E-state index contributed by atoms with van der Waals surface area (Å²) in [5.41, 5.74) is 0.148. The summed E-state index contributed by atoms with van der Waals surface area (Å²) >= 11 is 0. The van der Waals surface area contributed by atoms with Crippen LogP contribution in [0, 0.1) is 5.92 Å². The molecule has 13 heteroatoms. The van der Waals surface area contributed by atoms with Crippen molar-refractivity contribution in [2.45, 2.75) is 55.4 Å². The maximum Gasteiger partial charge on any atom is 0.303 e. The number of carbonyl (C=O) groups is 1. The summed E-state index contributed by atoms with van der Waals surface area (Å²) in [6.45, 7) is 0.966. The molecular formula is C28H34O13. The second-order valence-electron chi connectivity index (χ2n) is 10.3. The van der Waals surface area contributed by atoms with E-state index in [9.17, 15) is 30.3 Å². The fourth-order valence-corrected chi connectivity index (χ4v) is 5.78. The lowest BCUT2D eigenvalue weighted by Crippen LogP contribution is -2.60. The Morgan fingerprint density at radius 2 is 1.66 bits per heavy atom. The quantitative estimate of drug-likeness (QED) is 0.271. The molecule has 9 atom stereocenters. The first kappa shape index (κ1) is 29.3. The minimum absolute atomic E-state index is 0.0147. The first-order chi connectivity index (χ1) is 19.6. The van der Waals surface area contributed by atoms with Crippen LogP contribution in [-0.4, -0.2) is 102 Å².